The van der Waals surface area contributed by atoms with Gasteiger partial charge in [0.1, 0.15) is 11.6 Å². The summed E-state index contributed by atoms with van der Waals surface area (Å²) in [5.41, 5.74) is 9.13. The Kier molecular flexibility index (Phi) is 7.23. The summed E-state index contributed by atoms with van der Waals surface area (Å²) in [6, 6.07) is 22.7. The third-order valence-electron chi connectivity index (χ3n) is 3.96. The molecule has 1 aliphatic rings. The van der Waals surface area contributed by atoms with Crippen LogP contribution in [0, 0.1) is 24.2 Å². The van der Waals surface area contributed by atoms with Gasteiger partial charge in [0.05, 0.1) is 6.08 Å². The van der Waals surface area contributed by atoms with E-state index in [2.05, 4.69) is 51.8 Å². The molecule has 2 aromatic carbocycles. The molecule has 3 N–H and O–H groups in total. The Morgan fingerprint density at radius 1 is 1.07 bits per heavy atom. The molecule has 0 saturated carbocycles. The Morgan fingerprint density at radius 2 is 1.63 bits per heavy atom. The van der Waals surface area contributed by atoms with Crippen LogP contribution in [0.5, 0.6) is 0 Å². The van der Waals surface area contributed by atoms with Gasteiger partial charge in [-0.25, -0.2) is 0 Å². The van der Waals surface area contributed by atoms with E-state index in [-0.39, 0.29) is 0 Å². The quantitative estimate of drug-likeness (QED) is 0.593. The fraction of sp³-hybridized carbons (Fsp3) is 0.0952. The topological polar surface area (TPSA) is 61.6 Å². The first-order valence-electron chi connectivity index (χ1n) is 8.55. The van der Waals surface area contributed by atoms with Gasteiger partial charge in [-0.3, -0.25) is 0 Å². The minimum Gasteiger partial charge on any atom is -0.639 e. The molecule has 1 aliphatic heterocycles. The van der Waals surface area contributed by atoms with Gasteiger partial charge in [-0.1, -0.05) is 71.6 Å². The van der Waals surface area contributed by atoms with E-state index in [1.165, 1.54) is 7.07 Å². The molecule has 1 heterocycles. The summed E-state index contributed by atoms with van der Waals surface area (Å²) in [6.07, 6.45) is 6.61. The first-order valence-corrected chi connectivity index (χ1v) is 8.55. The van der Waals surface area contributed by atoms with Crippen LogP contribution in [0.15, 0.2) is 77.5 Å². The molecule has 0 radical (unpaired) electrons. The Labute approximate surface area is 161 Å². The van der Waals surface area contributed by atoms with Crippen molar-refractivity contribution in [2.45, 2.75) is 13.8 Å². The van der Waals surface area contributed by atoms with Crippen molar-refractivity contribution in [1.29, 1.82) is 0 Å². The van der Waals surface area contributed by atoms with Crippen LogP contribution in [-0.4, -0.2) is 19.3 Å². The van der Waals surface area contributed by atoms with Crippen molar-refractivity contribution in [3.05, 3.63) is 72.6 Å². The Morgan fingerprint density at radius 3 is 2.07 bits per heavy atom. The molecule has 2 aromatic rings. The van der Waals surface area contributed by atoms with Crippen molar-refractivity contribution in [2.75, 3.05) is 0 Å². The van der Waals surface area contributed by atoms with Crippen LogP contribution < -0.4 is 21.6 Å². The number of benzene rings is 2. The zero-order chi connectivity index (χ0) is 19.5. The molecule has 4 nitrogen and oxygen atoms in total. The number of rotatable bonds is 2. The third-order valence-corrected chi connectivity index (χ3v) is 3.96. The summed E-state index contributed by atoms with van der Waals surface area (Å²) in [5.74, 6) is 5.21. The number of terminal acetylenes is 1. The predicted octanol–water partition coefficient (Wildman–Crippen LogP) is 0.0605. The number of hydrogen-bond donors (Lipinski definition) is 2. The standard InChI is InChI=1S/C16H17BN2O.C5H4BN/c1-13-12-16(18)20-17(19-13,14-8-4-2-5-9-14)15-10-6-3-7-11-15;1-3-5-7-6-4-2/h2-12,19H,18H2,1H3;2H,1H3. The number of nitrogens with two attached hydrogens (primary N) is 1. The van der Waals surface area contributed by atoms with Crippen molar-refractivity contribution in [1.82, 2.24) is 0 Å². The van der Waals surface area contributed by atoms with Gasteiger partial charge in [-0.05, 0) is 0 Å². The number of nitrogens with one attached hydrogen (secondary N) is 1. The Hall–Kier alpha value is -3.50. The fourth-order valence-electron chi connectivity index (χ4n) is 2.92. The molecule has 0 spiro atoms. The van der Waals surface area contributed by atoms with E-state index in [4.69, 9.17) is 16.8 Å². The summed E-state index contributed by atoms with van der Waals surface area (Å²) in [6.45, 7) is 2.13. The van der Waals surface area contributed by atoms with Gasteiger partial charge >= 0.3 is 49.6 Å². The second kappa shape index (κ2) is 9.85. The fourth-order valence-corrected chi connectivity index (χ4v) is 2.92. The molecular weight excluding hydrogens is 332 g/mol. The van der Waals surface area contributed by atoms with E-state index in [1.54, 1.807) is 6.92 Å². The maximum absolute atomic E-state index is 6.09. The van der Waals surface area contributed by atoms with E-state index in [0.29, 0.717) is 5.88 Å². The molecule has 6 heteroatoms. The number of hydrogen-bond acceptors (Lipinski definition) is 3. The minimum atomic E-state index is -1.57. The van der Waals surface area contributed by atoms with Crippen LogP contribution >= 0.6 is 0 Å². The zero-order valence-electron chi connectivity index (χ0n) is 15.5. The van der Waals surface area contributed by atoms with E-state index in [0.717, 1.165) is 16.6 Å². The van der Waals surface area contributed by atoms with Crippen molar-refractivity contribution in [3.8, 4) is 24.2 Å². The van der Waals surface area contributed by atoms with Crippen LogP contribution in [0.3, 0.4) is 0 Å². The Balaban J connectivity index is 0.000000321. The average molecular weight is 353 g/mol. The smallest absolute Gasteiger partial charge is 0.507 e. The van der Waals surface area contributed by atoms with Crippen LogP contribution in [0.2, 0.25) is 0 Å². The molecule has 0 atom stereocenters. The largest absolute Gasteiger partial charge is 0.639 e. The van der Waals surface area contributed by atoms with E-state index in [1.807, 2.05) is 49.4 Å². The van der Waals surface area contributed by atoms with E-state index in [9.17, 15) is 0 Å². The molecule has 0 aliphatic carbocycles. The molecule has 0 amide bonds. The maximum atomic E-state index is 6.09. The summed E-state index contributed by atoms with van der Waals surface area (Å²) in [5, 5.41) is 0. The predicted molar refractivity (Wildman–Crippen MR) is 113 cm³/mol. The normalized spacial score (nSPS) is 14.0. The molecule has 3 rings (SSSR count). The van der Waals surface area contributed by atoms with Crippen LogP contribution in [0.4, 0.5) is 0 Å². The van der Waals surface area contributed by atoms with Crippen LogP contribution in [0.25, 0.3) is 0 Å². The van der Waals surface area contributed by atoms with Gasteiger partial charge in [-0.15, -0.1) is 0 Å². The molecule has 0 unspecified atom stereocenters. The van der Waals surface area contributed by atoms with Gasteiger partial charge in [0.25, 0.3) is 0 Å². The first kappa shape index (κ1) is 19.8. The summed E-state index contributed by atoms with van der Waals surface area (Å²) >= 11 is 0. The molecule has 27 heavy (non-hydrogen) atoms. The number of nitrogens with zero attached hydrogens (tertiary/aromatic N) is 1. The van der Waals surface area contributed by atoms with Crippen molar-refractivity contribution >= 4 is 30.2 Å². The van der Waals surface area contributed by atoms with Crippen LogP contribution in [0.1, 0.15) is 13.8 Å². The minimum absolute atomic E-state index is 0.439. The number of allylic oxidation sites excluding steroid dienone is 1. The summed E-state index contributed by atoms with van der Waals surface area (Å²) in [7, 11) is 1.32. The molecule has 0 saturated heterocycles. The van der Waals surface area contributed by atoms with Crippen molar-refractivity contribution < 1.29 is 9.56 Å². The van der Waals surface area contributed by atoms with Gasteiger partial charge in [0, 0.05) is 6.92 Å². The zero-order valence-corrected chi connectivity index (χ0v) is 15.5. The molecule has 0 fully saturated rings. The summed E-state index contributed by atoms with van der Waals surface area (Å²) in [4.78, 5) is 6.98. The monoisotopic (exact) mass is 353 g/mol. The van der Waals surface area contributed by atoms with Gasteiger partial charge < -0.3 is 15.3 Å². The molecule has 0 aromatic heterocycles. The van der Waals surface area contributed by atoms with Gasteiger partial charge in [-0.2, -0.15) is 0 Å². The van der Waals surface area contributed by atoms with Gasteiger partial charge in [0.2, 0.25) is 0 Å². The molecule has 0 bridgehead atoms. The second-order valence-electron chi connectivity index (χ2n) is 5.89. The molecule has 132 valence electrons. The Bertz CT molecular complexity index is 910. The first-order chi connectivity index (χ1) is 13.1. The third kappa shape index (κ3) is 5.23. The summed E-state index contributed by atoms with van der Waals surface area (Å²) < 4.78 is 6.09. The molecular formula is C21H21B2N3O. The van der Waals surface area contributed by atoms with E-state index < -0.39 is 6.48 Å². The SMILES string of the molecule is C#CB=NC#CC.CC1=[NH+][B-](c2ccccc2)(c2ccccc2)OC(N)=C1. The van der Waals surface area contributed by atoms with Crippen molar-refractivity contribution in [3.63, 3.8) is 0 Å². The second-order valence-corrected chi connectivity index (χ2v) is 5.89. The van der Waals surface area contributed by atoms with Crippen LogP contribution in [-0.2, 0) is 4.65 Å². The average Bonchev–Trinajstić information content (AvgIpc) is 2.69. The maximum Gasteiger partial charge on any atom is 0.507 e. The van der Waals surface area contributed by atoms with Gasteiger partial charge in [0.15, 0.2) is 0 Å². The van der Waals surface area contributed by atoms with Crippen molar-refractivity contribution in [2.24, 2.45) is 10.6 Å². The van der Waals surface area contributed by atoms with E-state index >= 15 is 0 Å².